The molecule has 112 valence electrons. The summed E-state index contributed by atoms with van der Waals surface area (Å²) in [6.07, 6.45) is 2.67. The molecule has 2 rings (SSSR count). The zero-order valence-corrected chi connectivity index (χ0v) is 12.7. The van der Waals surface area contributed by atoms with E-state index in [0.29, 0.717) is 25.8 Å². The smallest absolute Gasteiger partial charge is 0.266 e. The number of aliphatic hydroxyl groups is 1. The van der Waals surface area contributed by atoms with Crippen molar-refractivity contribution in [3.05, 3.63) is 27.6 Å². The fraction of sp³-hybridized carbons (Fsp3) is 0.583. The van der Waals surface area contributed by atoms with E-state index < -0.39 is 21.2 Å². The lowest BCUT2D eigenvalue weighted by molar-refractivity contribution is 0.0465. The fourth-order valence-corrected chi connectivity index (χ4v) is 3.93. The molecule has 0 bridgehead atoms. The zero-order valence-electron chi connectivity index (χ0n) is 11.1. The van der Waals surface area contributed by atoms with Gasteiger partial charge >= 0.3 is 0 Å². The number of pyridine rings is 1. The topological polar surface area (TPSA) is 90.5 Å². The highest BCUT2D eigenvalue weighted by molar-refractivity contribution is 7.89. The first-order valence-electron chi connectivity index (χ1n) is 6.33. The predicted octanol–water partition coefficient (Wildman–Crippen LogP) is 0.954. The van der Waals surface area contributed by atoms with Crippen molar-refractivity contribution in [1.82, 2.24) is 9.29 Å². The van der Waals surface area contributed by atoms with Gasteiger partial charge in [-0.05, 0) is 32.3 Å². The highest BCUT2D eigenvalue weighted by atomic mass is 35.5. The third kappa shape index (κ3) is 3.22. The van der Waals surface area contributed by atoms with E-state index in [0.717, 1.165) is 12.3 Å². The number of aromatic nitrogens is 1. The van der Waals surface area contributed by atoms with Crippen molar-refractivity contribution in [2.45, 2.75) is 36.7 Å². The first-order valence-corrected chi connectivity index (χ1v) is 8.15. The third-order valence-corrected chi connectivity index (χ3v) is 5.65. The number of sulfonamides is 1. The van der Waals surface area contributed by atoms with Crippen LogP contribution < -0.4 is 5.56 Å². The maximum Gasteiger partial charge on any atom is 0.266 e. The van der Waals surface area contributed by atoms with Gasteiger partial charge < -0.3 is 10.1 Å². The molecule has 0 radical (unpaired) electrons. The first kappa shape index (κ1) is 15.5. The summed E-state index contributed by atoms with van der Waals surface area (Å²) >= 11 is 5.67. The van der Waals surface area contributed by atoms with Crippen LogP contribution in [0.2, 0.25) is 5.02 Å². The highest BCUT2D eigenvalue weighted by Gasteiger charge is 2.31. The van der Waals surface area contributed by atoms with Gasteiger partial charge in [-0.15, -0.1) is 0 Å². The van der Waals surface area contributed by atoms with E-state index in [2.05, 4.69) is 4.98 Å². The third-order valence-electron chi connectivity index (χ3n) is 3.49. The summed E-state index contributed by atoms with van der Waals surface area (Å²) in [5.41, 5.74) is -1.36. The van der Waals surface area contributed by atoms with Crippen LogP contribution in [0.3, 0.4) is 0 Å². The highest BCUT2D eigenvalue weighted by Crippen LogP contribution is 2.25. The molecule has 0 spiro atoms. The summed E-state index contributed by atoms with van der Waals surface area (Å²) in [6, 6.07) is 1.15. The number of aromatic amines is 1. The van der Waals surface area contributed by atoms with Gasteiger partial charge in [0.15, 0.2) is 0 Å². The van der Waals surface area contributed by atoms with Crippen LogP contribution >= 0.6 is 11.6 Å². The second kappa shape index (κ2) is 5.48. The van der Waals surface area contributed by atoms with Crippen molar-refractivity contribution >= 4 is 21.6 Å². The Morgan fingerprint density at radius 3 is 2.75 bits per heavy atom. The molecule has 20 heavy (non-hydrogen) atoms. The van der Waals surface area contributed by atoms with E-state index >= 15 is 0 Å². The van der Waals surface area contributed by atoms with E-state index in [4.69, 9.17) is 11.6 Å². The number of rotatable bonds is 2. The van der Waals surface area contributed by atoms with Crippen LogP contribution in [-0.4, -0.2) is 41.5 Å². The minimum absolute atomic E-state index is 0.0383. The molecule has 1 unspecified atom stereocenters. The Labute approximate surface area is 122 Å². The minimum Gasteiger partial charge on any atom is -0.390 e. The monoisotopic (exact) mass is 320 g/mol. The number of nitrogens with one attached hydrogen (secondary N) is 1. The van der Waals surface area contributed by atoms with Crippen molar-refractivity contribution in [3.63, 3.8) is 0 Å². The lowest BCUT2D eigenvalue weighted by Gasteiger charge is -2.22. The predicted molar refractivity (Wildman–Crippen MR) is 75.3 cm³/mol. The van der Waals surface area contributed by atoms with Gasteiger partial charge in [0.2, 0.25) is 10.0 Å². The van der Waals surface area contributed by atoms with E-state index in [1.54, 1.807) is 6.92 Å². The summed E-state index contributed by atoms with van der Waals surface area (Å²) in [7, 11) is -3.71. The van der Waals surface area contributed by atoms with Crippen LogP contribution in [0.4, 0.5) is 0 Å². The molecule has 1 aromatic heterocycles. The van der Waals surface area contributed by atoms with Gasteiger partial charge in [0.1, 0.15) is 5.02 Å². The van der Waals surface area contributed by atoms with E-state index in [1.165, 1.54) is 4.31 Å². The minimum atomic E-state index is -3.71. The molecule has 6 nitrogen and oxygen atoms in total. The summed E-state index contributed by atoms with van der Waals surface area (Å²) in [4.78, 5) is 13.4. The molecule has 1 fully saturated rings. The molecule has 8 heteroatoms. The molecule has 0 aliphatic carbocycles. The van der Waals surface area contributed by atoms with Crippen molar-refractivity contribution in [2.24, 2.45) is 0 Å². The average molecular weight is 321 g/mol. The molecule has 1 saturated heterocycles. The average Bonchev–Trinajstić information content (AvgIpc) is 2.54. The Bertz CT molecular complexity index is 654. The van der Waals surface area contributed by atoms with Crippen LogP contribution in [0, 0.1) is 0 Å². The fourth-order valence-electron chi connectivity index (χ4n) is 2.21. The van der Waals surface area contributed by atoms with Gasteiger partial charge in [-0.3, -0.25) is 4.79 Å². The molecule has 1 aromatic rings. The van der Waals surface area contributed by atoms with Gasteiger partial charge in [-0.1, -0.05) is 11.6 Å². The number of hydrogen-bond acceptors (Lipinski definition) is 4. The molecule has 0 aromatic carbocycles. The van der Waals surface area contributed by atoms with Crippen LogP contribution in [0.25, 0.3) is 0 Å². The first-order chi connectivity index (χ1) is 9.22. The Morgan fingerprint density at radius 1 is 1.40 bits per heavy atom. The van der Waals surface area contributed by atoms with Crippen molar-refractivity contribution in [2.75, 3.05) is 13.1 Å². The maximum absolute atomic E-state index is 12.5. The number of hydrogen-bond donors (Lipinski definition) is 2. The number of H-pyrrole nitrogens is 1. The second-order valence-corrected chi connectivity index (χ2v) is 7.61. The van der Waals surface area contributed by atoms with Crippen molar-refractivity contribution in [1.29, 1.82) is 0 Å². The quantitative estimate of drug-likeness (QED) is 0.849. The molecule has 0 saturated carbocycles. The van der Waals surface area contributed by atoms with Crippen LogP contribution in [0.15, 0.2) is 22.0 Å². The standard InChI is InChI=1S/C12H17ClN2O4S/c1-12(17)3-2-5-15(6-4-12)20(18,19)9-7-10(13)11(16)14-8-9/h7-8,17H,2-6H2,1H3,(H,14,16). The van der Waals surface area contributed by atoms with Gasteiger partial charge in [0.25, 0.3) is 5.56 Å². The lowest BCUT2D eigenvalue weighted by atomic mass is 9.98. The largest absolute Gasteiger partial charge is 0.390 e. The zero-order chi connectivity index (χ0) is 15.0. The molecule has 0 amide bonds. The lowest BCUT2D eigenvalue weighted by Crippen LogP contribution is -2.33. The molecule has 2 heterocycles. The SMILES string of the molecule is CC1(O)CCCN(S(=O)(=O)c2c[nH]c(=O)c(Cl)c2)CC1. The molecule has 1 atom stereocenters. The summed E-state index contributed by atoms with van der Waals surface area (Å²) in [5, 5.41) is 9.84. The van der Waals surface area contributed by atoms with Crippen molar-refractivity contribution < 1.29 is 13.5 Å². The Morgan fingerprint density at radius 2 is 2.10 bits per heavy atom. The molecule has 1 aliphatic heterocycles. The summed E-state index contributed by atoms with van der Waals surface area (Å²) < 4.78 is 26.3. The Hall–Kier alpha value is -0.890. The summed E-state index contributed by atoms with van der Waals surface area (Å²) in [6.45, 7) is 2.29. The molecule has 1 aliphatic rings. The van der Waals surface area contributed by atoms with E-state index in [1.807, 2.05) is 0 Å². The molecular formula is C12H17ClN2O4S. The van der Waals surface area contributed by atoms with E-state index in [-0.39, 0.29) is 16.5 Å². The van der Waals surface area contributed by atoms with E-state index in [9.17, 15) is 18.3 Å². The second-order valence-electron chi connectivity index (χ2n) is 5.27. The number of nitrogens with zero attached hydrogens (tertiary/aromatic N) is 1. The Balaban J connectivity index is 2.30. The molecule has 2 N–H and O–H groups in total. The van der Waals surface area contributed by atoms with Crippen LogP contribution in [0.1, 0.15) is 26.2 Å². The van der Waals surface area contributed by atoms with Gasteiger partial charge in [0.05, 0.1) is 10.5 Å². The molecular weight excluding hydrogens is 304 g/mol. The normalized spacial score (nSPS) is 25.4. The van der Waals surface area contributed by atoms with Crippen LogP contribution in [-0.2, 0) is 10.0 Å². The van der Waals surface area contributed by atoms with Gasteiger partial charge in [0, 0.05) is 19.3 Å². The maximum atomic E-state index is 12.5. The summed E-state index contributed by atoms with van der Waals surface area (Å²) in [5.74, 6) is 0. The van der Waals surface area contributed by atoms with Gasteiger partial charge in [-0.2, -0.15) is 4.31 Å². The Kier molecular flexibility index (Phi) is 4.24. The van der Waals surface area contributed by atoms with Crippen LogP contribution in [0.5, 0.6) is 0 Å². The van der Waals surface area contributed by atoms with Gasteiger partial charge in [-0.25, -0.2) is 8.42 Å². The van der Waals surface area contributed by atoms with Crippen molar-refractivity contribution in [3.8, 4) is 0 Å². The number of halogens is 1.